The zero-order chi connectivity index (χ0) is 26.5. The standard InChI is InChI=1S/C27H24Br2N2O4S2/c28-18-22-5-13-26(14-6-22)36(32,33)30-24-9-1-20(2-10-24)17-21-3-11-25(12-4-21)31-37(34,35)27-15-7-23(19-29)8-16-27/h1-16,30-31H,17-19H2. The lowest BCUT2D eigenvalue weighted by Gasteiger charge is -2.11. The second kappa shape index (κ2) is 11.8. The van der Waals surface area contributed by atoms with Gasteiger partial charge in [0.1, 0.15) is 0 Å². The monoisotopic (exact) mass is 662 g/mol. The number of hydrogen-bond acceptors (Lipinski definition) is 4. The molecule has 0 atom stereocenters. The van der Waals surface area contributed by atoms with Crippen LogP contribution in [-0.2, 0) is 37.1 Å². The van der Waals surface area contributed by atoms with E-state index in [9.17, 15) is 16.8 Å². The molecule has 192 valence electrons. The molecule has 0 saturated carbocycles. The molecule has 4 aromatic rings. The number of nitrogens with one attached hydrogen (secondary N) is 2. The molecule has 0 aromatic heterocycles. The molecule has 0 amide bonds. The van der Waals surface area contributed by atoms with Crippen LogP contribution in [0.5, 0.6) is 0 Å². The molecule has 0 spiro atoms. The lowest BCUT2D eigenvalue weighted by Crippen LogP contribution is -2.13. The molecule has 0 aliphatic rings. The molecule has 2 N–H and O–H groups in total. The quantitative estimate of drug-likeness (QED) is 0.186. The van der Waals surface area contributed by atoms with E-state index < -0.39 is 20.0 Å². The number of halogens is 2. The fourth-order valence-corrected chi connectivity index (χ4v) is 6.43. The summed E-state index contributed by atoms with van der Waals surface area (Å²) in [4.78, 5) is 0.404. The molecule has 0 unspecified atom stereocenters. The number of rotatable bonds is 10. The highest BCUT2D eigenvalue weighted by atomic mass is 79.9. The molecule has 6 nitrogen and oxygen atoms in total. The molecule has 0 aliphatic carbocycles. The number of benzene rings is 4. The highest BCUT2D eigenvalue weighted by Gasteiger charge is 2.15. The predicted molar refractivity (Wildman–Crippen MR) is 155 cm³/mol. The van der Waals surface area contributed by atoms with Gasteiger partial charge in [0.2, 0.25) is 0 Å². The van der Waals surface area contributed by atoms with Crippen molar-refractivity contribution < 1.29 is 16.8 Å². The molecule has 0 fully saturated rings. The Bertz CT molecular complexity index is 1430. The maximum absolute atomic E-state index is 12.7. The van der Waals surface area contributed by atoms with Crippen LogP contribution in [0.4, 0.5) is 11.4 Å². The van der Waals surface area contributed by atoms with E-state index in [1.54, 1.807) is 72.8 Å². The maximum Gasteiger partial charge on any atom is 0.261 e. The van der Waals surface area contributed by atoms with Crippen molar-refractivity contribution in [2.75, 3.05) is 9.44 Å². The fourth-order valence-electron chi connectivity index (χ4n) is 3.56. The highest BCUT2D eigenvalue weighted by molar-refractivity contribution is 9.08. The third-order valence-corrected chi connectivity index (χ3v) is 9.69. The van der Waals surface area contributed by atoms with E-state index in [2.05, 4.69) is 41.3 Å². The van der Waals surface area contributed by atoms with E-state index in [-0.39, 0.29) is 9.79 Å². The van der Waals surface area contributed by atoms with Crippen LogP contribution in [0.15, 0.2) is 107 Å². The first kappa shape index (κ1) is 27.4. The second-order valence-corrected chi connectivity index (χ2v) is 12.8. The predicted octanol–water partition coefficient (Wildman–Crippen LogP) is 6.67. The molecule has 0 saturated heterocycles. The molecule has 4 aromatic carbocycles. The minimum absolute atomic E-state index is 0.202. The van der Waals surface area contributed by atoms with E-state index in [4.69, 9.17) is 0 Å². The molecule has 4 rings (SSSR count). The van der Waals surface area contributed by atoms with E-state index in [1.807, 2.05) is 24.3 Å². The summed E-state index contributed by atoms with van der Waals surface area (Å²) in [6, 6.07) is 27.7. The van der Waals surface area contributed by atoms with Crippen LogP contribution in [0, 0.1) is 0 Å². The molecule has 0 bridgehead atoms. The van der Waals surface area contributed by atoms with Crippen molar-refractivity contribution in [1.29, 1.82) is 0 Å². The number of hydrogen-bond donors (Lipinski definition) is 2. The molecule has 0 radical (unpaired) electrons. The Morgan fingerprint density at radius 2 is 0.757 bits per heavy atom. The van der Waals surface area contributed by atoms with Gasteiger partial charge in [-0.2, -0.15) is 0 Å². The number of sulfonamides is 2. The van der Waals surface area contributed by atoms with Crippen LogP contribution >= 0.6 is 31.9 Å². The summed E-state index contributed by atoms with van der Waals surface area (Å²) in [6.07, 6.45) is 0.613. The van der Waals surface area contributed by atoms with Gasteiger partial charge in [-0.25, -0.2) is 16.8 Å². The summed E-state index contributed by atoms with van der Waals surface area (Å²) in [6.45, 7) is 0. The van der Waals surface area contributed by atoms with Crippen LogP contribution in [0.3, 0.4) is 0 Å². The van der Waals surface area contributed by atoms with E-state index >= 15 is 0 Å². The third-order valence-electron chi connectivity index (χ3n) is 5.60. The SMILES string of the molecule is O=S(=O)(Nc1ccc(Cc2ccc(NS(=O)(=O)c3ccc(CBr)cc3)cc2)cc1)c1ccc(CBr)cc1. The van der Waals surface area contributed by atoms with Gasteiger partial charge in [0.25, 0.3) is 20.0 Å². The minimum atomic E-state index is -3.68. The van der Waals surface area contributed by atoms with Gasteiger partial charge in [-0.1, -0.05) is 80.4 Å². The van der Waals surface area contributed by atoms with E-state index in [1.165, 1.54) is 0 Å². The van der Waals surface area contributed by atoms with Crippen LogP contribution in [-0.4, -0.2) is 16.8 Å². The van der Waals surface area contributed by atoms with Crippen molar-refractivity contribution in [2.45, 2.75) is 26.9 Å². The number of anilines is 2. The first-order valence-corrected chi connectivity index (χ1v) is 16.4. The average Bonchev–Trinajstić information content (AvgIpc) is 2.90. The summed E-state index contributed by atoms with van der Waals surface area (Å²) in [5.41, 5.74) is 4.92. The summed E-state index contributed by atoms with van der Waals surface area (Å²) < 4.78 is 55.8. The second-order valence-electron chi connectivity index (χ2n) is 8.34. The van der Waals surface area contributed by atoms with E-state index in [0.29, 0.717) is 28.5 Å². The van der Waals surface area contributed by atoms with Gasteiger partial charge in [0.15, 0.2) is 0 Å². The van der Waals surface area contributed by atoms with Gasteiger partial charge >= 0.3 is 0 Å². The third kappa shape index (κ3) is 7.22. The highest BCUT2D eigenvalue weighted by Crippen LogP contribution is 2.21. The van der Waals surface area contributed by atoms with Gasteiger partial charge in [-0.15, -0.1) is 0 Å². The lowest BCUT2D eigenvalue weighted by atomic mass is 10.0. The molecule has 37 heavy (non-hydrogen) atoms. The van der Waals surface area contributed by atoms with E-state index in [0.717, 1.165) is 22.3 Å². The lowest BCUT2D eigenvalue weighted by molar-refractivity contribution is 0.599. The van der Waals surface area contributed by atoms with Crippen LogP contribution in [0.25, 0.3) is 0 Å². The van der Waals surface area contributed by atoms with Gasteiger partial charge < -0.3 is 0 Å². The first-order valence-electron chi connectivity index (χ1n) is 11.2. The van der Waals surface area contributed by atoms with Crippen molar-refractivity contribution in [3.8, 4) is 0 Å². The zero-order valence-electron chi connectivity index (χ0n) is 19.6. The Balaban J connectivity index is 1.37. The average molecular weight is 664 g/mol. The topological polar surface area (TPSA) is 92.3 Å². The van der Waals surface area contributed by atoms with Crippen LogP contribution in [0.1, 0.15) is 22.3 Å². The Morgan fingerprint density at radius 3 is 1.05 bits per heavy atom. The van der Waals surface area contributed by atoms with Crippen molar-refractivity contribution >= 4 is 63.3 Å². The summed E-state index contributed by atoms with van der Waals surface area (Å²) in [5.74, 6) is 0. The van der Waals surface area contributed by atoms with Crippen molar-refractivity contribution in [2.24, 2.45) is 0 Å². The Hall–Kier alpha value is -2.66. The zero-order valence-corrected chi connectivity index (χ0v) is 24.4. The number of alkyl halides is 2. The van der Waals surface area contributed by atoms with Crippen LogP contribution in [0.2, 0.25) is 0 Å². The fraction of sp³-hybridized carbons (Fsp3) is 0.111. The first-order chi connectivity index (χ1) is 17.7. The molecule has 0 aliphatic heterocycles. The summed E-state index contributed by atoms with van der Waals surface area (Å²) >= 11 is 6.70. The van der Waals surface area contributed by atoms with Gasteiger partial charge in [-0.05, 0) is 77.2 Å². The Labute approximate surface area is 234 Å². The van der Waals surface area contributed by atoms with Gasteiger partial charge in [-0.3, -0.25) is 9.44 Å². The molecule has 10 heteroatoms. The minimum Gasteiger partial charge on any atom is -0.280 e. The Morgan fingerprint density at radius 1 is 0.459 bits per heavy atom. The van der Waals surface area contributed by atoms with Crippen molar-refractivity contribution in [3.63, 3.8) is 0 Å². The van der Waals surface area contributed by atoms with Crippen molar-refractivity contribution in [3.05, 3.63) is 119 Å². The maximum atomic E-state index is 12.7. The summed E-state index contributed by atoms with van der Waals surface area (Å²) in [5, 5.41) is 1.32. The normalized spacial score (nSPS) is 11.7. The van der Waals surface area contributed by atoms with Gasteiger partial charge in [0, 0.05) is 22.0 Å². The van der Waals surface area contributed by atoms with Crippen LogP contribution < -0.4 is 9.44 Å². The smallest absolute Gasteiger partial charge is 0.261 e. The summed E-state index contributed by atoms with van der Waals surface area (Å²) in [7, 11) is -7.35. The Kier molecular flexibility index (Phi) is 8.74. The molecular weight excluding hydrogens is 640 g/mol. The largest absolute Gasteiger partial charge is 0.280 e. The van der Waals surface area contributed by atoms with Crippen molar-refractivity contribution in [1.82, 2.24) is 0 Å². The van der Waals surface area contributed by atoms with Gasteiger partial charge in [0.05, 0.1) is 9.79 Å². The molecular formula is C27H24Br2N2O4S2. The molecule has 0 heterocycles.